The largest absolute Gasteiger partial charge is 0.440 e. The van der Waals surface area contributed by atoms with Crippen molar-refractivity contribution in [2.75, 3.05) is 38.0 Å². The number of ether oxygens (including phenoxy) is 2. The van der Waals surface area contributed by atoms with Crippen molar-refractivity contribution in [3.8, 4) is 0 Å². The highest BCUT2D eigenvalue weighted by molar-refractivity contribution is 14.1. The third kappa shape index (κ3) is 4.55. The van der Waals surface area contributed by atoms with Gasteiger partial charge >= 0.3 is 5.97 Å². The number of rotatable bonds is 7. The van der Waals surface area contributed by atoms with Crippen LogP contribution in [0.5, 0.6) is 0 Å². The Morgan fingerprint density at radius 1 is 1.30 bits per heavy atom. The summed E-state index contributed by atoms with van der Waals surface area (Å²) in [6, 6.07) is 6.38. The zero-order valence-electron chi connectivity index (χ0n) is 16.0. The van der Waals surface area contributed by atoms with Crippen molar-refractivity contribution in [3.63, 3.8) is 0 Å². The van der Waals surface area contributed by atoms with E-state index in [0.29, 0.717) is 5.69 Å². The lowest BCUT2D eigenvalue weighted by Crippen LogP contribution is -2.34. The van der Waals surface area contributed by atoms with E-state index in [9.17, 15) is 14.0 Å². The Balaban J connectivity index is 1.95. The molecule has 3 rings (SSSR count). The zero-order valence-corrected chi connectivity index (χ0v) is 18.2. The van der Waals surface area contributed by atoms with E-state index < -0.39 is 29.1 Å². The van der Waals surface area contributed by atoms with Crippen molar-refractivity contribution in [3.05, 3.63) is 56.2 Å². The van der Waals surface area contributed by atoms with Crippen molar-refractivity contribution < 1.29 is 33.0 Å². The SMILES string of the molecule is Cc1cc(I)ccc1N1COC(=O)c2cc(C(=O)NCCOCCO)c(F)c(F)c21. The topological polar surface area (TPSA) is 88.1 Å². The van der Waals surface area contributed by atoms with E-state index in [-0.39, 0.29) is 44.3 Å². The molecule has 0 unspecified atom stereocenters. The molecule has 0 bridgehead atoms. The summed E-state index contributed by atoms with van der Waals surface area (Å²) in [6.07, 6.45) is 0. The highest BCUT2D eigenvalue weighted by atomic mass is 127. The lowest BCUT2D eigenvalue weighted by molar-refractivity contribution is 0.0491. The van der Waals surface area contributed by atoms with Gasteiger partial charge in [0.1, 0.15) is 0 Å². The molecule has 0 aromatic heterocycles. The van der Waals surface area contributed by atoms with Gasteiger partial charge in [-0.05, 0) is 59.3 Å². The summed E-state index contributed by atoms with van der Waals surface area (Å²) in [4.78, 5) is 25.9. The molecule has 0 saturated heterocycles. The minimum Gasteiger partial charge on any atom is -0.440 e. The fraction of sp³-hybridized carbons (Fsp3) is 0.300. The number of hydrogen-bond donors (Lipinski definition) is 2. The van der Waals surface area contributed by atoms with Gasteiger partial charge in [-0.2, -0.15) is 0 Å². The third-order valence-electron chi connectivity index (χ3n) is 4.46. The van der Waals surface area contributed by atoms with Gasteiger partial charge in [-0.3, -0.25) is 4.79 Å². The second-order valence-electron chi connectivity index (χ2n) is 6.46. The van der Waals surface area contributed by atoms with Gasteiger partial charge in [0.2, 0.25) is 0 Å². The summed E-state index contributed by atoms with van der Waals surface area (Å²) in [7, 11) is 0. The van der Waals surface area contributed by atoms with E-state index in [1.54, 1.807) is 12.1 Å². The Labute approximate surface area is 185 Å². The highest BCUT2D eigenvalue weighted by Gasteiger charge is 2.34. The number of anilines is 2. The Bertz CT molecular complexity index is 986. The fourth-order valence-electron chi connectivity index (χ4n) is 3.08. The van der Waals surface area contributed by atoms with E-state index in [1.165, 1.54) is 4.90 Å². The molecule has 1 aliphatic rings. The second kappa shape index (κ2) is 9.67. The molecular formula is C20H19F2IN2O5. The molecule has 1 aliphatic heterocycles. The van der Waals surface area contributed by atoms with Crippen LogP contribution in [0, 0.1) is 22.1 Å². The van der Waals surface area contributed by atoms with E-state index in [4.69, 9.17) is 14.6 Å². The Kier molecular flexibility index (Phi) is 7.21. The van der Waals surface area contributed by atoms with Gasteiger partial charge in [-0.15, -0.1) is 0 Å². The maximum atomic E-state index is 15.1. The number of amides is 1. The van der Waals surface area contributed by atoms with Crippen LogP contribution in [0.4, 0.5) is 20.2 Å². The first-order valence-electron chi connectivity index (χ1n) is 9.04. The standard InChI is InChI=1S/C20H19F2IN2O5/c1-11-8-12(23)2-3-15(11)25-10-30-20(28)14-9-13(16(21)17(22)18(14)25)19(27)24-4-6-29-7-5-26/h2-3,8-9,26H,4-7,10H2,1H3,(H,24,27). The molecular weight excluding hydrogens is 513 g/mol. The molecule has 0 saturated carbocycles. The number of benzene rings is 2. The van der Waals surface area contributed by atoms with Gasteiger partial charge in [0.15, 0.2) is 18.4 Å². The van der Waals surface area contributed by atoms with Gasteiger partial charge in [0.05, 0.1) is 36.6 Å². The molecule has 160 valence electrons. The Hall–Kier alpha value is -2.31. The number of aryl methyl sites for hydroxylation is 1. The summed E-state index contributed by atoms with van der Waals surface area (Å²) < 4.78 is 40.9. The summed E-state index contributed by atoms with van der Waals surface area (Å²) >= 11 is 2.13. The van der Waals surface area contributed by atoms with Crippen molar-refractivity contribution in [1.29, 1.82) is 0 Å². The smallest absolute Gasteiger partial charge is 0.342 e. The van der Waals surface area contributed by atoms with Crippen LogP contribution in [0.3, 0.4) is 0 Å². The average molecular weight is 532 g/mol. The molecule has 0 fully saturated rings. The maximum absolute atomic E-state index is 15.1. The molecule has 0 spiro atoms. The van der Waals surface area contributed by atoms with E-state index in [2.05, 4.69) is 27.9 Å². The van der Waals surface area contributed by atoms with Crippen LogP contribution in [0.1, 0.15) is 26.3 Å². The Morgan fingerprint density at radius 3 is 2.77 bits per heavy atom. The highest BCUT2D eigenvalue weighted by Crippen LogP contribution is 2.38. The van der Waals surface area contributed by atoms with Crippen LogP contribution in [0.15, 0.2) is 24.3 Å². The van der Waals surface area contributed by atoms with Gasteiger partial charge in [0.25, 0.3) is 5.91 Å². The summed E-state index contributed by atoms with van der Waals surface area (Å²) in [5, 5.41) is 11.0. The zero-order chi connectivity index (χ0) is 21.8. The first-order valence-corrected chi connectivity index (χ1v) is 10.1. The number of aliphatic hydroxyl groups is 1. The van der Waals surface area contributed by atoms with Crippen LogP contribution < -0.4 is 10.2 Å². The number of fused-ring (bicyclic) bond motifs is 1. The molecule has 0 atom stereocenters. The lowest BCUT2D eigenvalue weighted by Gasteiger charge is -2.32. The molecule has 7 nitrogen and oxygen atoms in total. The van der Waals surface area contributed by atoms with Crippen LogP contribution >= 0.6 is 22.6 Å². The molecule has 10 heteroatoms. The van der Waals surface area contributed by atoms with E-state index >= 15 is 4.39 Å². The van der Waals surface area contributed by atoms with Crippen LogP contribution in [0.25, 0.3) is 0 Å². The van der Waals surface area contributed by atoms with Crippen LogP contribution in [-0.2, 0) is 9.47 Å². The predicted molar refractivity (Wildman–Crippen MR) is 113 cm³/mol. The molecule has 30 heavy (non-hydrogen) atoms. The first kappa shape index (κ1) is 22.4. The van der Waals surface area contributed by atoms with Gasteiger partial charge in [-0.1, -0.05) is 0 Å². The quantitative estimate of drug-likeness (QED) is 0.324. The number of carbonyl (C=O) groups excluding carboxylic acids is 2. The van der Waals surface area contributed by atoms with E-state index in [1.807, 2.05) is 13.0 Å². The van der Waals surface area contributed by atoms with Gasteiger partial charge in [0, 0.05) is 15.8 Å². The maximum Gasteiger partial charge on any atom is 0.342 e. The molecule has 2 aromatic rings. The first-order chi connectivity index (χ1) is 14.3. The number of halogens is 3. The normalized spacial score (nSPS) is 13.1. The average Bonchev–Trinajstić information content (AvgIpc) is 2.71. The number of hydrogen-bond acceptors (Lipinski definition) is 6. The third-order valence-corrected chi connectivity index (χ3v) is 5.13. The van der Waals surface area contributed by atoms with Crippen LogP contribution in [-0.4, -0.2) is 50.1 Å². The number of aliphatic hydroxyl groups excluding tert-OH is 1. The van der Waals surface area contributed by atoms with Crippen molar-refractivity contribution in [2.45, 2.75) is 6.92 Å². The second-order valence-corrected chi connectivity index (χ2v) is 7.71. The van der Waals surface area contributed by atoms with Crippen LogP contribution in [0.2, 0.25) is 0 Å². The minimum absolute atomic E-state index is 0.0232. The number of carbonyl (C=O) groups is 2. The number of nitrogens with zero attached hydrogens (tertiary/aromatic N) is 1. The number of cyclic esters (lactones) is 1. The predicted octanol–water partition coefficient (Wildman–Crippen LogP) is 2.88. The minimum atomic E-state index is -1.36. The molecule has 1 heterocycles. The summed E-state index contributed by atoms with van der Waals surface area (Å²) in [5.74, 6) is -4.39. The molecule has 2 N–H and O–H groups in total. The van der Waals surface area contributed by atoms with Crippen molar-refractivity contribution in [1.82, 2.24) is 5.32 Å². The number of esters is 1. The molecule has 1 amide bonds. The monoisotopic (exact) mass is 532 g/mol. The van der Waals surface area contributed by atoms with Crippen molar-refractivity contribution >= 4 is 45.8 Å². The fourth-order valence-corrected chi connectivity index (χ4v) is 3.72. The molecule has 0 aliphatic carbocycles. The van der Waals surface area contributed by atoms with Gasteiger partial charge < -0.3 is 24.8 Å². The molecule has 0 radical (unpaired) electrons. The van der Waals surface area contributed by atoms with Crippen molar-refractivity contribution in [2.24, 2.45) is 0 Å². The molecule has 2 aromatic carbocycles. The van der Waals surface area contributed by atoms with E-state index in [0.717, 1.165) is 15.2 Å². The number of nitrogens with one attached hydrogen (secondary N) is 1. The Morgan fingerprint density at radius 2 is 2.07 bits per heavy atom. The summed E-state index contributed by atoms with van der Waals surface area (Å²) in [5.41, 5.74) is 0.234. The lowest BCUT2D eigenvalue weighted by atomic mass is 10.0. The summed E-state index contributed by atoms with van der Waals surface area (Å²) in [6.45, 7) is 1.56. The van der Waals surface area contributed by atoms with Gasteiger partial charge in [-0.25, -0.2) is 13.6 Å².